The van der Waals surface area contributed by atoms with E-state index in [1.165, 1.54) is 16.8 Å². The number of aryl methyl sites for hydroxylation is 2. The van der Waals surface area contributed by atoms with Crippen LogP contribution >= 0.6 is 0 Å². The van der Waals surface area contributed by atoms with Crippen LogP contribution in [0.3, 0.4) is 0 Å². The molecule has 0 spiro atoms. The van der Waals surface area contributed by atoms with Crippen LogP contribution in [0.1, 0.15) is 50.0 Å². The predicted octanol–water partition coefficient (Wildman–Crippen LogP) is 2.20. The van der Waals surface area contributed by atoms with E-state index in [4.69, 9.17) is 0 Å². The minimum absolute atomic E-state index is 0.0448. The van der Waals surface area contributed by atoms with Gasteiger partial charge in [0, 0.05) is 30.6 Å². The van der Waals surface area contributed by atoms with Crippen LogP contribution in [0.2, 0.25) is 0 Å². The molecule has 176 valence electrons. The molecule has 10 nitrogen and oxygen atoms in total. The molecule has 1 aliphatic heterocycles. The Labute approximate surface area is 187 Å². The van der Waals surface area contributed by atoms with Gasteiger partial charge < -0.3 is 15.2 Å². The predicted molar refractivity (Wildman–Crippen MR) is 114 cm³/mol. The molecule has 3 aromatic heterocycles. The third kappa shape index (κ3) is 3.92. The molecule has 0 radical (unpaired) electrons. The average molecular weight is 461 g/mol. The van der Waals surface area contributed by atoms with Gasteiger partial charge >= 0.3 is 6.61 Å². The van der Waals surface area contributed by atoms with Gasteiger partial charge in [-0.25, -0.2) is 9.67 Å². The minimum Gasteiger partial charge on any atom is -0.429 e. The highest BCUT2D eigenvalue weighted by Gasteiger charge is 2.40. The number of nitrogens with zero attached hydrogens (tertiary/aromatic N) is 6. The van der Waals surface area contributed by atoms with Gasteiger partial charge in [0.25, 0.3) is 5.56 Å². The van der Waals surface area contributed by atoms with E-state index in [2.05, 4.69) is 30.3 Å². The second kappa shape index (κ2) is 8.01. The average Bonchev–Trinajstić information content (AvgIpc) is 3.30. The van der Waals surface area contributed by atoms with Crippen LogP contribution in [-0.2, 0) is 13.0 Å². The number of fused-ring (bicyclic) bond motifs is 2. The topological polar surface area (TPSA) is 120 Å². The van der Waals surface area contributed by atoms with Gasteiger partial charge in [-0.1, -0.05) is 5.21 Å². The lowest BCUT2D eigenvalue weighted by Crippen LogP contribution is -2.38. The third-order valence-corrected chi connectivity index (χ3v) is 6.64. The number of halogens is 2. The fourth-order valence-electron chi connectivity index (χ4n) is 4.94. The first kappa shape index (κ1) is 21.7. The number of rotatable bonds is 5. The molecule has 1 unspecified atom stereocenters. The Hall–Kier alpha value is -3.15. The van der Waals surface area contributed by atoms with Crippen molar-refractivity contribution in [2.45, 2.75) is 76.8 Å². The van der Waals surface area contributed by atoms with Crippen molar-refractivity contribution in [1.29, 1.82) is 0 Å². The van der Waals surface area contributed by atoms with E-state index in [-0.39, 0.29) is 11.7 Å². The number of nitrogens with one attached hydrogen (secondary N) is 1. The van der Waals surface area contributed by atoms with Crippen molar-refractivity contribution in [2.24, 2.45) is 0 Å². The van der Waals surface area contributed by atoms with Crippen molar-refractivity contribution in [3.63, 3.8) is 0 Å². The van der Waals surface area contributed by atoms with Crippen molar-refractivity contribution >= 4 is 17.0 Å². The maximum Gasteiger partial charge on any atom is 0.387 e. The first-order valence-electron chi connectivity index (χ1n) is 11.0. The Bertz CT molecular complexity index is 1260. The molecule has 1 saturated carbocycles. The van der Waals surface area contributed by atoms with Crippen molar-refractivity contribution < 1.29 is 18.6 Å². The molecule has 0 amide bonds. The van der Waals surface area contributed by atoms with Gasteiger partial charge in [0.1, 0.15) is 5.65 Å². The SMILES string of the molecule is Cc1nnn2c1CC(Nc1ncc3cc(OC(F)F)c(=O)n([C@@H]4CCC[C@@]4(C)O)c3n1)CC2. The fraction of sp³-hybridized carbons (Fsp3) is 0.571. The fourth-order valence-corrected chi connectivity index (χ4v) is 4.94. The van der Waals surface area contributed by atoms with Gasteiger partial charge in [-0.2, -0.15) is 13.8 Å². The number of aliphatic hydroxyl groups is 1. The molecule has 4 heterocycles. The van der Waals surface area contributed by atoms with Crippen LogP contribution in [0.15, 0.2) is 17.1 Å². The van der Waals surface area contributed by atoms with Gasteiger partial charge in [-0.15, -0.1) is 5.10 Å². The van der Waals surface area contributed by atoms with Gasteiger partial charge in [0.05, 0.1) is 23.0 Å². The molecule has 33 heavy (non-hydrogen) atoms. The zero-order chi connectivity index (χ0) is 23.3. The minimum atomic E-state index is -3.15. The summed E-state index contributed by atoms with van der Waals surface area (Å²) >= 11 is 0. The van der Waals surface area contributed by atoms with E-state index in [0.717, 1.165) is 17.8 Å². The molecular formula is C21H25F2N7O3. The molecule has 2 N–H and O–H groups in total. The Kier molecular flexibility index (Phi) is 5.26. The zero-order valence-electron chi connectivity index (χ0n) is 18.3. The van der Waals surface area contributed by atoms with E-state index in [1.54, 1.807) is 6.92 Å². The smallest absolute Gasteiger partial charge is 0.387 e. The maximum absolute atomic E-state index is 13.1. The number of ether oxygens (including phenoxy) is 1. The largest absolute Gasteiger partial charge is 0.429 e. The summed E-state index contributed by atoms with van der Waals surface area (Å²) in [7, 11) is 0. The number of hydrogen-bond donors (Lipinski definition) is 2. The summed E-state index contributed by atoms with van der Waals surface area (Å²) in [6, 6.07) is 0.652. The summed E-state index contributed by atoms with van der Waals surface area (Å²) in [4.78, 5) is 22.1. The van der Waals surface area contributed by atoms with E-state index < -0.39 is 29.6 Å². The van der Waals surface area contributed by atoms with Gasteiger partial charge in [0.15, 0.2) is 5.75 Å². The highest BCUT2D eigenvalue weighted by molar-refractivity contribution is 5.77. The molecule has 1 fully saturated rings. The van der Waals surface area contributed by atoms with Crippen molar-refractivity contribution in [2.75, 3.05) is 5.32 Å². The molecule has 12 heteroatoms. The summed E-state index contributed by atoms with van der Waals surface area (Å²) < 4.78 is 33.5. The quantitative estimate of drug-likeness (QED) is 0.593. The standard InChI is InChI=1S/C21H25F2N7O3/c1-11-14-9-13(5-7-29(14)28-27-11)25-20-24-10-12-8-15(33-19(22)23)18(31)30(17(12)26-20)16-4-3-6-21(16,2)32/h8,10,13,16,19,32H,3-7,9H2,1-2H3,(H,24,25,26)/t13?,16-,21-/m1/s1. The van der Waals surface area contributed by atoms with Gasteiger partial charge in [-0.3, -0.25) is 9.36 Å². The molecule has 0 bridgehead atoms. The number of alkyl halides is 2. The lowest BCUT2D eigenvalue weighted by atomic mass is 10.00. The summed E-state index contributed by atoms with van der Waals surface area (Å²) in [6.07, 6.45) is 4.68. The lowest BCUT2D eigenvalue weighted by molar-refractivity contribution is -0.0513. The van der Waals surface area contributed by atoms with Crippen LogP contribution in [0, 0.1) is 6.92 Å². The number of hydrogen-bond acceptors (Lipinski definition) is 8. The summed E-state index contributed by atoms with van der Waals surface area (Å²) in [5.41, 5.74) is 0.273. The van der Waals surface area contributed by atoms with Crippen LogP contribution in [0.4, 0.5) is 14.7 Å². The van der Waals surface area contributed by atoms with Gasteiger partial charge in [-0.05, 0) is 45.6 Å². The van der Waals surface area contributed by atoms with E-state index >= 15 is 0 Å². The molecule has 5 rings (SSSR count). The Morgan fingerprint density at radius 2 is 2.18 bits per heavy atom. The molecule has 0 aromatic carbocycles. The lowest BCUT2D eigenvalue weighted by Gasteiger charge is -2.29. The van der Waals surface area contributed by atoms with Crippen LogP contribution < -0.4 is 15.6 Å². The second-order valence-corrected chi connectivity index (χ2v) is 8.98. The molecule has 1 aliphatic carbocycles. The van der Waals surface area contributed by atoms with Crippen molar-refractivity contribution in [3.05, 3.63) is 34.0 Å². The zero-order valence-corrected chi connectivity index (χ0v) is 18.3. The van der Waals surface area contributed by atoms with E-state index in [0.29, 0.717) is 43.6 Å². The first-order valence-corrected chi connectivity index (χ1v) is 11.0. The molecule has 2 aliphatic rings. The molecular weight excluding hydrogens is 436 g/mol. The van der Waals surface area contributed by atoms with E-state index in [1.807, 2.05) is 11.6 Å². The third-order valence-electron chi connectivity index (χ3n) is 6.64. The Morgan fingerprint density at radius 1 is 1.36 bits per heavy atom. The summed E-state index contributed by atoms with van der Waals surface area (Å²) in [5, 5.41) is 22.8. The molecule has 3 aromatic rings. The number of pyridine rings is 1. The van der Waals surface area contributed by atoms with Crippen molar-refractivity contribution in [1.82, 2.24) is 29.5 Å². The van der Waals surface area contributed by atoms with E-state index in [9.17, 15) is 18.7 Å². The number of anilines is 1. The van der Waals surface area contributed by atoms with Crippen molar-refractivity contribution in [3.8, 4) is 5.75 Å². The second-order valence-electron chi connectivity index (χ2n) is 8.98. The maximum atomic E-state index is 13.1. The summed E-state index contributed by atoms with van der Waals surface area (Å²) in [5.74, 6) is -0.174. The Morgan fingerprint density at radius 3 is 2.91 bits per heavy atom. The summed E-state index contributed by atoms with van der Waals surface area (Å²) in [6.45, 7) is 1.13. The first-order chi connectivity index (χ1) is 15.7. The monoisotopic (exact) mass is 461 g/mol. The van der Waals surface area contributed by atoms with Gasteiger partial charge in [0.2, 0.25) is 5.95 Å². The van der Waals surface area contributed by atoms with Crippen LogP contribution in [0.25, 0.3) is 11.0 Å². The normalized spacial score (nSPS) is 24.9. The highest BCUT2D eigenvalue weighted by atomic mass is 19.3. The Balaban J connectivity index is 1.55. The number of aromatic nitrogens is 6. The van der Waals surface area contributed by atoms with Crippen LogP contribution in [-0.4, -0.2) is 52.9 Å². The molecule has 0 saturated heterocycles. The highest BCUT2D eigenvalue weighted by Crippen LogP contribution is 2.40. The van der Waals surface area contributed by atoms with Crippen LogP contribution in [0.5, 0.6) is 5.75 Å². The molecule has 3 atom stereocenters.